The van der Waals surface area contributed by atoms with E-state index in [2.05, 4.69) is 4.98 Å². The number of hydrogen-bond acceptors (Lipinski definition) is 9. The summed E-state index contributed by atoms with van der Waals surface area (Å²) in [4.78, 5) is 39.4. The van der Waals surface area contributed by atoms with Gasteiger partial charge in [-0.25, -0.2) is 0 Å². The molecule has 32 heavy (non-hydrogen) atoms. The number of hydrogen-bond donors (Lipinski definition) is 0. The molecule has 0 aliphatic carbocycles. The van der Waals surface area contributed by atoms with Crippen molar-refractivity contribution in [2.45, 2.75) is 51.4 Å². The Morgan fingerprint density at radius 1 is 0.875 bits per heavy atom. The zero-order valence-corrected chi connectivity index (χ0v) is 19.1. The molecular formula is C23H25NO7S. The lowest BCUT2D eigenvalue weighted by atomic mass is 10.1. The van der Waals surface area contributed by atoms with Crippen molar-refractivity contribution in [3.8, 4) is 17.0 Å². The monoisotopic (exact) mass is 459 g/mol. The van der Waals surface area contributed by atoms with Crippen LogP contribution in [-0.2, 0) is 28.6 Å². The van der Waals surface area contributed by atoms with Crippen molar-refractivity contribution >= 4 is 29.7 Å². The summed E-state index contributed by atoms with van der Waals surface area (Å²) in [5.41, 5.74) is 2.24. The smallest absolute Gasteiger partial charge is 0.303 e. The van der Waals surface area contributed by atoms with Crippen LogP contribution in [0.15, 0.2) is 42.6 Å². The highest BCUT2D eigenvalue weighted by Crippen LogP contribution is 2.34. The van der Waals surface area contributed by atoms with Crippen molar-refractivity contribution in [2.75, 3.05) is 5.75 Å². The Morgan fingerprint density at radius 2 is 1.50 bits per heavy atom. The molecule has 0 amide bonds. The Bertz CT molecular complexity index is 961. The molecular weight excluding hydrogens is 434 g/mol. The molecule has 1 aromatic heterocycles. The first-order valence-electron chi connectivity index (χ1n) is 10.1. The fourth-order valence-electron chi connectivity index (χ4n) is 3.29. The molecule has 2 aromatic rings. The topological polar surface area (TPSA) is 101 Å². The molecule has 0 saturated carbocycles. The van der Waals surface area contributed by atoms with E-state index in [9.17, 15) is 14.4 Å². The third-order valence-corrected chi connectivity index (χ3v) is 5.85. The Balaban J connectivity index is 1.80. The van der Waals surface area contributed by atoms with E-state index in [4.69, 9.17) is 18.9 Å². The van der Waals surface area contributed by atoms with Gasteiger partial charge in [-0.2, -0.15) is 0 Å². The highest BCUT2D eigenvalue weighted by Gasteiger charge is 2.47. The molecule has 3 rings (SSSR count). The largest absolute Gasteiger partial charge is 0.474 e. The van der Waals surface area contributed by atoms with E-state index in [-0.39, 0.29) is 0 Å². The van der Waals surface area contributed by atoms with Gasteiger partial charge in [-0.3, -0.25) is 19.4 Å². The van der Waals surface area contributed by atoms with Crippen LogP contribution in [0.5, 0.6) is 5.75 Å². The third kappa shape index (κ3) is 6.23. The van der Waals surface area contributed by atoms with Crippen LogP contribution in [0.1, 0.15) is 26.3 Å². The number of esters is 3. The van der Waals surface area contributed by atoms with Gasteiger partial charge in [0.25, 0.3) is 0 Å². The maximum atomic E-state index is 11.7. The zero-order valence-electron chi connectivity index (χ0n) is 18.3. The number of aromatic nitrogens is 1. The number of carbonyl (C=O) groups excluding carboxylic acids is 3. The molecule has 9 heteroatoms. The molecule has 4 atom stereocenters. The highest BCUT2D eigenvalue weighted by molar-refractivity contribution is 7.99. The molecule has 1 aromatic carbocycles. The molecule has 2 heterocycles. The van der Waals surface area contributed by atoms with Crippen LogP contribution in [0.2, 0.25) is 0 Å². The lowest BCUT2D eigenvalue weighted by molar-refractivity contribution is -0.186. The fourth-order valence-corrected chi connectivity index (χ4v) is 4.51. The van der Waals surface area contributed by atoms with Crippen molar-refractivity contribution in [1.82, 2.24) is 4.98 Å². The summed E-state index contributed by atoms with van der Waals surface area (Å²) in [6.45, 7) is 5.77. The van der Waals surface area contributed by atoms with Crippen molar-refractivity contribution in [3.63, 3.8) is 0 Å². The van der Waals surface area contributed by atoms with Crippen LogP contribution in [0.25, 0.3) is 11.3 Å². The van der Waals surface area contributed by atoms with Gasteiger partial charge in [-0.15, -0.1) is 11.8 Å². The minimum Gasteiger partial charge on any atom is -0.474 e. The van der Waals surface area contributed by atoms with E-state index in [1.807, 2.05) is 37.3 Å². The Morgan fingerprint density at radius 3 is 2.06 bits per heavy atom. The van der Waals surface area contributed by atoms with E-state index in [1.54, 1.807) is 12.3 Å². The van der Waals surface area contributed by atoms with Gasteiger partial charge in [0.1, 0.15) is 5.75 Å². The van der Waals surface area contributed by atoms with E-state index >= 15 is 0 Å². The van der Waals surface area contributed by atoms with Gasteiger partial charge in [0.15, 0.2) is 23.7 Å². The molecule has 0 unspecified atom stereocenters. The second-order valence-electron chi connectivity index (χ2n) is 7.36. The van der Waals surface area contributed by atoms with Gasteiger partial charge in [0.2, 0.25) is 0 Å². The van der Waals surface area contributed by atoms with Crippen molar-refractivity contribution in [3.05, 3.63) is 48.2 Å². The zero-order chi connectivity index (χ0) is 23.3. The second-order valence-corrected chi connectivity index (χ2v) is 8.49. The number of rotatable bonds is 6. The van der Waals surface area contributed by atoms with Crippen LogP contribution in [-0.4, -0.2) is 52.4 Å². The molecule has 1 fully saturated rings. The SMILES string of the molecule is CC(=O)O[C@@H]1[C@@H](OC(C)=O)[C@@H](Oc2ccc(-c3ccc(C)cc3)nc2)SC[C@H]1OC(C)=O. The predicted molar refractivity (Wildman–Crippen MR) is 118 cm³/mol. The van der Waals surface area contributed by atoms with E-state index in [0.29, 0.717) is 11.5 Å². The van der Waals surface area contributed by atoms with Crippen LogP contribution in [0, 0.1) is 6.92 Å². The maximum absolute atomic E-state index is 11.7. The summed E-state index contributed by atoms with van der Waals surface area (Å²) in [6, 6.07) is 11.6. The molecule has 0 bridgehead atoms. The van der Waals surface area contributed by atoms with Crippen LogP contribution < -0.4 is 4.74 Å². The van der Waals surface area contributed by atoms with E-state index < -0.39 is 41.7 Å². The minimum absolute atomic E-state index is 0.300. The van der Waals surface area contributed by atoms with Crippen molar-refractivity contribution < 1.29 is 33.3 Å². The van der Waals surface area contributed by atoms with E-state index in [0.717, 1.165) is 16.8 Å². The first-order chi connectivity index (χ1) is 15.2. The fraction of sp³-hybridized carbons (Fsp3) is 0.391. The normalized spacial score (nSPS) is 22.5. The molecule has 0 radical (unpaired) electrons. The summed E-state index contributed by atoms with van der Waals surface area (Å²) in [5.74, 6) is -0.918. The number of benzene rings is 1. The quantitative estimate of drug-likeness (QED) is 0.476. The Hall–Kier alpha value is -3.07. The lowest BCUT2D eigenvalue weighted by Crippen LogP contribution is -2.55. The lowest BCUT2D eigenvalue weighted by Gasteiger charge is -2.39. The summed E-state index contributed by atoms with van der Waals surface area (Å²) in [7, 11) is 0. The van der Waals surface area contributed by atoms with Gasteiger partial charge < -0.3 is 18.9 Å². The third-order valence-electron chi connectivity index (χ3n) is 4.64. The summed E-state index contributed by atoms with van der Waals surface area (Å²) >= 11 is 1.30. The maximum Gasteiger partial charge on any atom is 0.303 e. The van der Waals surface area contributed by atoms with Gasteiger partial charge in [0, 0.05) is 32.1 Å². The van der Waals surface area contributed by atoms with Crippen LogP contribution in [0.3, 0.4) is 0 Å². The van der Waals surface area contributed by atoms with Crippen molar-refractivity contribution in [1.29, 1.82) is 0 Å². The average molecular weight is 460 g/mol. The van der Waals surface area contributed by atoms with Gasteiger partial charge in [-0.1, -0.05) is 29.8 Å². The summed E-state index contributed by atoms with van der Waals surface area (Å²) in [5, 5.41) is 0. The Kier molecular flexibility index (Phi) is 7.74. The molecule has 0 spiro atoms. The van der Waals surface area contributed by atoms with Gasteiger partial charge in [0.05, 0.1) is 11.9 Å². The minimum atomic E-state index is -0.994. The number of carbonyl (C=O) groups is 3. The Labute approximate surface area is 190 Å². The molecule has 1 saturated heterocycles. The molecule has 0 N–H and O–H groups in total. The number of nitrogens with zero attached hydrogens (tertiary/aromatic N) is 1. The molecule has 8 nitrogen and oxygen atoms in total. The number of pyridine rings is 1. The van der Waals surface area contributed by atoms with Gasteiger partial charge >= 0.3 is 17.9 Å². The second kappa shape index (κ2) is 10.5. The first-order valence-corrected chi connectivity index (χ1v) is 11.1. The standard InChI is InChI=1S/C23H25NO7S/c1-13-5-7-17(8-6-13)19-10-9-18(11-24-19)31-23-22(30-16(4)27)21(29-15(3)26)20(12-32-23)28-14(2)25/h5-11,20-23H,12H2,1-4H3/t20-,21+,22-,23+/m1/s1. The number of thioether (sulfide) groups is 1. The summed E-state index contributed by atoms with van der Waals surface area (Å²) < 4.78 is 22.1. The van der Waals surface area contributed by atoms with Gasteiger partial charge in [-0.05, 0) is 19.1 Å². The number of aryl methyl sites for hydroxylation is 1. The molecule has 1 aliphatic rings. The van der Waals surface area contributed by atoms with Crippen molar-refractivity contribution in [2.24, 2.45) is 0 Å². The highest BCUT2D eigenvalue weighted by atomic mass is 32.2. The predicted octanol–water partition coefficient (Wildman–Crippen LogP) is 3.30. The van der Waals surface area contributed by atoms with Crippen LogP contribution in [0.4, 0.5) is 0 Å². The van der Waals surface area contributed by atoms with Crippen LogP contribution >= 0.6 is 11.8 Å². The average Bonchev–Trinajstić information content (AvgIpc) is 2.72. The number of ether oxygens (including phenoxy) is 4. The molecule has 1 aliphatic heterocycles. The van der Waals surface area contributed by atoms with E-state index in [1.165, 1.54) is 32.5 Å². The summed E-state index contributed by atoms with van der Waals surface area (Å²) in [6.07, 6.45) is -1.16. The molecule has 170 valence electrons. The first kappa shape index (κ1) is 23.6.